The molecule has 0 fully saturated rings. The van der Waals surface area contributed by atoms with Crippen molar-refractivity contribution in [2.24, 2.45) is 0 Å². The molecule has 0 amide bonds. The van der Waals surface area contributed by atoms with Gasteiger partial charge in [-0.2, -0.15) is 5.10 Å². The van der Waals surface area contributed by atoms with E-state index in [9.17, 15) is 0 Å². The van der Waals surface area contributed by atoms with Crippen LogP contribution in [0.15, 0.2) is 85.3 Å². The molecule has 0 aliphatic carbocycles. The highest BCUT2D eigenvalue weighted by molar-refractivity contribution is 6.30. The molecule has 0 atom stereocenters. The first-order chi connectivity index (χ1) is 11.8. The predicted octanol–water partition coefficient (Wildman–Crippen LogP) is 5.25. The third-order valence-electron chi connectivity index (χ3n) is 3.83. The quantitative estimate of drug-likeness (QED) is 0.513. The third-order valence-corrected chi connectivity index (χ3v) is 4.08. The molecule has 4 rings (SSSR count). The molecule has 2 heterocycles. The Bertz CT molecular complexity index is 945. The molecule has 24 heavy (non-hydrogen) atoms. The van der Waals surface area contributed by atoms with Crippen LogP contribution in [-0.2, 0) is 0 Å². The molecule has 0 saturated carbocycles. The van der Waals surface area contributed by atoms with E-state index >= 15 is 0 Å². The van der Waals surface area contributed by atoms with Crippen molar-refractivity contribution in [1.29, 1.82) is 0 Å². The highest BCUT2D eigenvalue weighted by Gasteiger charge is 2.14. The normalized spacial score (nSPS) is 10.7. The molecular formula is C20H14ClN3. The van der Waals surface area contributed by atoms with Gasteiger partial charge in [-0.1, -0.05) is 48.0 Å². The molecule has 0 bridgehead atoms. The smallest absolute Gasteiger partial charge is 0.101 e. The zero-order valence-corrected chi connectivity index (χ0v) is 13.6. The van der Waals surface area contributed by atoms with Gasteiger partial charge in [-0.3, -0.25) is 4.98 Å². The number of nitrogens with zero attached hydrogens (tertiary/aromatic N) is 3. The summed E-state index contributed by atoms with van der Waals surface area (Å²) in [6, 6.07) is 21.8. The van der Waals surface area contributed by atoms with E-state index in [4.69, 9.17) is 16.7 Å². The minimum absolute atomic E-state index is 0.712. The van der Waals surface area contributed by atoms with E-state index in [0.717, 1.165) is 28.1 Å². The zero-order chi connectivity index (χ0) is 16.4. The van der Waals surface area contributed by atoms with Crippen molar-refractivity contribution in [2.75, 3.05) is 0 Å². The predicted molar refractivity (Wildman–Crippen MR) is 97.2 cm³/mol. The third kappa shape index (κ3) is 2.82. The molecule has 0 spiro atoms. The van der Waals surface area contributed by atoms with Crippen molar-refractivity contribution in [1.82, 2.24) is 14.8 Å². The molecule has 2 aromatic carbocycles. The molecule has 0 aliphatic heterocycles. The summed E-state index contributed by atoms with van der Waals surface area (Å²) in [4.78, 5) is 4.23. The molecule has 0 aliphatic rings. The fraction of sp³-hybridized carbons (Fsp3) is 0. The standard InChI is InChI=1S/C20H14ClN3/c21-17-10-8-15(9-11-17)20-19(16-5-4-12-22-13-16)14-24(23-20)18-6-2-1-3-7-18/h1-14H. The van der Waals surface area contributed by atoms with Crippen LogP contribution in [0.25, 0.3) is 28.1 Å². The molecule has 4 aromatic rings. The topological polar surface area (TPSA) is 30.7 Å². The van der Waals surface area contributed by atoms with Gasteiger partial charge in [-0.05, 0) is 30.3 Å². The van der Waals surface area contributed by atoms with Crippen LogP contribution in [0.4, 0.5) is 0 Å². The Balaban J connectivity index is 1.90. The van der Waals surface area contributed by atoms with Crippen molar-refractivity contribution >= 4 is 11.6 Å². The summed E-state index contributed by atoms with van der Waals surface area (Å²) in [6.07, 6.45) is 5.66. The first-order valence-corrected chi connectivity index (χ1v) is 8.00. The second-order valence-electron chi connectivity index (χ2n) is 5.42. The molecule has 2 aromatic heterocycles. The lowest BCUT2D eigenvalue weighted by Crippen LogP contribution is -1.93. The highest BCUT2D eigenvalue weighted by atomic mass is 35.5. The molecule has 116 valence electrons. The highest BCUT2D eigenvalue weighted by Crippen LogP contribution is 2.32. The van der Waals surface area contributed by atoms with Gasteiger partial charge in [0, 0.05) is 40.3 Å². The second kappa shape index (κ2) is 6.30. The fourth-order valence-corrected chi connectivity index (χ4v) is 2.77. The van der Waals surface area contributed by atoms with Crippen molar-refractivity contribution in [2.45, 2.75) is 0 Å². The zero-order valence-electron chi connectivity index (χ0n) is 12.8. The molecule has 0 N–H and O–H groups in total. The maximum absolute atomic E-state index is 6.02. The number of benzene rings is 2. The number of hydrogen-bond acceptors (Lipinski definition) is 2. The number of hydrogen-bond donors (Lipinski definition) is 0. The summed E-state index contributed by atoms with van der Waals surface area (Å²) >= 11 is 6.02. The summed E-state index contributed by atoms with van der Waals surface area (Å²) in [5, 5.41) is 5.51. The van der Waals surface area contributed by atoms with Gasteiger partial charge in [0.15, 0.2) is 0 Å². The molecule has 4 heteroatoms. The number of aromatic nitrogens is 3. The van der Waals surface area contributed by atoms with Crippen molar-refractivity contribution in [3.63, 3.8) is 0 Å². The van der Waals surface area contributed by atoms with E-state index in [0.29, 0.717) is 5.02 Å². The lowest BCUT2D eigenvalue weighted by atomic mass is 10.0. The summed E-state index contributed by atoms with van der Waals surface area (Å²) in [6.45, 7) is 0. The van der Waals surface area contributed by atoms with Gasteiger partial charge in [-0.25, -0.2) is 4.68 Å². The monoisotopic (exact) mass is 331 g/mol. The maximum atomic E-state index is 6.02. The molecule has 0 unspecified atom stereocenters. The molecular weight excluding hydrogens is 318 g/mol. The van der Waals surface area contributed by atoms with E-state index in [-0.39, 0.29) is 0 Å². The van der Waals surface area contributed by atoms with Gasteiger partial charge >= 0.3 is 0 Å². The Labute approximate surface area is 145 Å². The largest absolute Gasteiger partial charge is 0.264 e. The minimum atomic E-state index is 0.712. The Hall–Kier alpha value is -2.91. The first-order valence-electron chi connectivity index (χ1n) is 7.63. The molecule has 0 radical (unpaired) electrons. The number of halogens is 1. The lowest BCUT2D eigenvalue weighted by Gasteiger charge is -2.02. The van der Waals surface area contributed by atoms with Gasteiger partial charge < -0.3 is 0 Å². The summed E-state index contributed by atoms with van der Waals surface area (Å²) < 4.78 is 1.90. The lowest BCUT2D eigenvalue weighted by molar-refractivity contribution is 0.884. The number of rotatable bonds is 3. The molecule has 0 saturated heterocycles. The summed E-state index contributed by atoms with van der Waals surface area (Å²) in [5.74, 6) is 0. The average Bonchev–Trinajstić information content (AvgIpc) is 3.09. The number of para-hydroxylation sites is 1. The van der Waals surface area contributed by atoms with E-state index in [1.165, 1.54) is 0 Å². The van der Waals surface area contributed by atoms with Gasteiger partial charge in [0.25, 0.3) is 0 Å². The Morgan fingerprint density at radius 2 is 1.58 bits per heavy atom. The number of pyridine rings is 1. The van der Waals surface area contributed by atoms with Crippen LogP contribution < -0.4 is 0 Å². The maximum Gasteiger partial charge on any atom is 0.101 e. The van der Waals surface area contributed by atoms with Crippen LogP contribution in [0.2, 0.25) is 5.02 Å². The van der Waals surface area contributed by atoms with Crippen molar-refractivity contribution in [3.05, 3.63) is 90.3 Å². The average molecular weight is 332 g/mol. The van der Waals surface area contributed by atoms with E-state index in [2.05, 4.69) is 4.98 Å². The van der Waals surface area contributed by atoms with Crippen LogP contribution in [0.5, 0.6) is 0 Å². The van der Waals surface area contributed by atoms with E-state index < -0.39 is 0 Å². The Morgan fingerprint density at radius 1 is 0.792 bits per heavy atom. The first kappa shape index (κ1) is 14.7. The molecule has 3 nitrogen and oxygen atoms in total. The van der Waals surface area contributed by atoms with Gasteiger partial charge in [0.05, 0.1) is 5.69 Å². The summed E-state index contributed by atoms with van der Waals surface area (Å²) in [5.41, 5.74) is 5.01. The van der Waals surface area contributed by atoms with E-state index in [1.807, 2.05) is 83.8 Å². The van der Waals surface area contributed by atoms with Crippen molar-refractivity contribution in [3.8, 4) is 28.1 Å². The fourth-order valence-electron chi connectivity index (χ4n) is 2.64. The summed E-state index contributed by atoms with van der Waals surface area (Å²) in [7, 11) is 0. The van der Waals surface area contributed by atoms with Crippen LogP contribution in [0, 0.1) is 0 Å². The van der Waals surface area contributed by atoms with E-state index in [1.54, 1.807) is 6.20 Å². The second-order valence-corrected chi connectivity index (χ2v) is 5.86. The SMILES string of the molecule is Clc1ccc(-c2nn(-c3ccccc3)cc2-c2cccnc2)cc1. The van der Waals surface area contributed by atoms with Gasteiger partial charge in [0.1, 0.15) is 5.69 Å². The minimum Gasteiger partial charge on any atom is -0.264 e. The van der Waals surface area contributed by atoms with Crippen LogP contribution in [0.3, 0.4) is 0 Å². The van der Waals surface area contributed by atoms with Gasteiger partial charge in [-0.15, -0.1) is 0 Å². The van der Waals surface area contributed by atoms with Crippen LogP contribution in [-0.4, -0.2) is 14.8 Å². The van der Waals surface area contributed by atoms with Crippen molar-refractivity contribution < 1.29 is 0 Å². The van der Waals surface area contributed by atoms with Gasteiger partial charge in [0.2, 0.25) is 0 Å². The Morgan fingerprint density at radius 3 is 2.29 bits per heavy atom. The van der Waals surface area contributed by atoms with Crippen LogP contribution in [0.1, 0.15) is 0 Å². The van der Waals surface area contributed by atoms with Crippen LogP contribution >= 0.6 is 11.6 Å². The Kier molecular flexibility index (Phi) is 3.85.